The summed E-state index contributed by atoms with van der Waals surface area (Å²) in [7, 11) is 0. The Morgan fingerprint density at radius 2 is 1.76 bits per heavy atom. The highest BCUT2D eigenvalue weighted by atomic mass is 19.1. The molecule has 0 bridgehead atoms. The molecule has 2 heterocycles. The number of halogens is 1. The molecule has 1 fully saturated rings. The van der Waals surface area contributed by atoms with Gasteiger partial charge in [0, 0.05) is 13.1 Å². The summed E-state index contributed by atoms with van der Waals surface area (Å²) in [6.45, 7) is 4.18. The second-order valence-electron chi connectivity index (χ2n) is 4.41. The first kappa shape index (κ1) is 12.2. The maximum atomic E-state index is 12.6. The van der Waals surface area contributed by atoms with Gasteiger partial charge in [0.25, 0.3) is 0 Å². The largest absolute Gasteiger partial charge is 0.353 e. The fourth-order valence-corrected chi connectivity index (χ4v) is 2.09. The summed E-state index contributed by atoms with van der Waals surface area (Å²) in [5, 5.41) is 3.11. The molecule has 0 aromatic carbocycles. The van der Waals surface area contributed by atoms with Crippen LogP contribution in [0.15, 0.2) is 12.4 Å². The first-order valence-electron chi connectivity index (χ1n) is 6.28. The van der Waals surface area contributed by atoms with Gasteiger partial charge in [0.15, 0.2) is 5.82 Å². The maximum Gasteiger partial charge on any atom is 0.222 e. The van der Waals surface area contributed by atoms with Gasteiger partial charge in [0.1, 0.15) is 0 Å². The molecule has 1 aromatic rings. The molecule has 1 aliphatic heterocycles. The molecule has 0 spiro atoms. The quantitative estimate of drug-likeness (QED) is 0.870. The average molecular weight is 238 g/mol. The Labute approximate surface area is 101 Å². The predicted octanol–water partition coefficient (Wildman–Crippen LogP) is 1.90. The molecule has 0 radical (unpaired) electrons. The van der Waals surface area contributed by atoms with Crippen LogP contribution in [-0.4, -0.2) is 41.0 Å². The SMILES string of the molecule is Fc1cnc(NCCN2CCCCCC2)nc1. The number of aromatic nitrogens is 2. The third-order valence-corrected chi connectivity index (χ3v) is 3.03. The zero-order valence-electron chi connectivity index (χ0n) is 10.0. The number of hydrogen-bond donors (Lipinski definition) is 1. The minimum atomic E-state index is -0.400. The van der Waals surface area contributed by atoms with Gasteiger partial charge in [0.2, 0.25) is 5.95 Å². The molecule has 1 aliphatic rings. The first-order valence-corrected chi connectivity index (χ1v) is 6.28. The Morgan fingerprint density at radius 1 is 1.12 bits per heavy atom. The summed E-state index contributed by atoms with van der Waals surface area (Å²) < 4.78 is 12.6. The van der Waals surface area contributed by atoms with Crippen LogP contribution in [0.4, 0.5) is 10.3 Å². The fourth-order valence-electron chi connectivity index (χ4n) is 2.09. The lowest BCUT2D eigenvalue weighted by molar-refractivity contribution is 0.296. The van der Waals surface area contributed by atoms with Crippen LogP contribution < -0.4 is 5.32 Å². The van der Waals surface area contributed by atoms with Crippen LogP contribution in [0.5, 0.6) is 0 Å². The molecule has 5 heteroatoms. The van der Waals surface area contributed by atoms with Crippen molar-refractivity contribution in [3.8, 4) is 0 Å². The van der Waals surface area contributed by atoms with Gasteiger partial charge in [-0.3, -0.25) is 0 Å². The van der Waals surface area contributed by atoms with Gasteiger partial charge < -0.3 is 10.2 Å². The number of hydrogen-bond acceptors (Lipinski definition) is 4. The number of likely N-dealkylation sites (tertiary alicyclic amines) is 1. The van der Waals surface area contributed by atoms with Gasteiger partial charge in [0.05, 0.1) is 12.4 Å². The average Bonchev–Trinajstić information content (AvgIpc) is 2.60. The summed E-state index contributed by atoms with van der Waals surface area (Å²) in [5.41, 5.74) is 0. The molecule has 1 saturated heterocycles. The Kier molecular flexibility index (Phi) is 4.67. The smallest absolute Gasteiger partial charge is 0.222 e. The molecule has 17 heavy (non-hydrogen) atoms. The van der Waals surface area contributed by atoms with Crippen molar-refractivity contribution in [3.05, 3.63) is 18.2 Å². The zero-order valence-corrected chi connectivity index (χ0v) is 10.0. The summed E-state index contributed by atoms with van der Waals surface area (Å²) in [6, 6.07) is 0. The molecule has 0 unspecified atom stereocenters. The first-order chi connectivity index (χ1) is 8.34. The second kappa shape index (κ2) is 6.49. The number of nitrogens with zero attached hydrogens (tertiary/aromatic N) is 3. The van der Waals surface area contributed by atoms with E-state index in [4.69, 9.17) is 0 Å². The summed E-state index contributed by atoms with van der Waals surface area (Å²) >= 11 is 0. The van der Waals surface area contributed by atoms with E-state index >= 15 is 0 Å². The zero-order chi connectivity index (χ0) is 11.9. The summed E-state index contributed by atoms with van der Waals surface area (Å²) in [4.78, 5) is 10.2. The molecule has 0 atom stereocenters. The molecular formula is C12H19FN4. The Bertz CT molecular complexity index is 320. The second-order valence-corrected chi connectivity index (χ2v) is 4.41. The van der Waals surface area contributed by atoms with E-state index in [0.717, 1.165) is 13.1 Å². The van der Waals surface area contributed by atoms with Crippen molar-refractivity contribution in [1.29, 1.82) is 0 Å². The third kappa shape index (κ3) is 4.26. The normalized spacial score (nSPS) is 17.7. The maximum absolute atomic E-state index is 12.6. The van der Waals surface area contributed by atoms with E-state index in [2.05, 4.69) is 20.2 Å². The highest BCUT2D eigenvalue weighted by Gasteiger charge is 2.08. The van der Waals surface area contributed by atoms with Crippen molar-refractivity contribution in [1.82, 2.24) is 14.9 Å². The van der Waals surface area contributed by atoms with Crippen molar-refractivity contribution >= 4 is 5.95 Å². The van der Waals surface area contributed by atoms with Crippen LogP contribution >= 0.6 is 0 Å². The van der Waals surface area contributed by atoms with E-state index in [1.165, 1.54) is 51.2 Å². The minimum absolute atomic E-state index is 0.400. The van der Waals surface area contributed by atoms with Gasteiger partial charge >= 0.3 is 0 Å². The molecule has 94 valence electrons. The molecular weight excluding hydrogens is 219 g/mol. The van der Waals surface area contributed by atoms with Crippen LogP contribution in [-0.2, 0) is 0 Å². The van der Waals surface area contributed by atoms with Crippen LogP contribution in [0.2, 0.25) is 0 Å². The van der Waals surface area contributed by atoms with Crippen LogP contribution in [0.25, 0.3) is 0 Å². The highest BCUT2D eigenvalue weighted by Crippen LogP contribution is 2.09. The molecule has 1 N–H and O–H groups in total. The summed E-state index contributed by atoms with van der Waals surface area (Å²) in [6.07, 6.45) is 7.67. The van der Waals surface area contributed by atoms with Crippen molar-refractivity contribution in [3.63, 3.8) is 0 Å². The van der Waals surface area contributed by atoms with Crippen molar-refractivity contribution < 1.29 is 4.39 Å². The fraction of sp³-hybridized carbons (Fsp3) is 0.667. The predicted molar refractivity (Wildman–Crippen MR) is 65.4 cm³/mol. The monoisotopic (exact) mass is 238 g/mol. The van der Waals surface area contributed by atoms with Crippen LogP contribution in [0, 0.1) is 5.82 Å². The number of anilines is 1. The lowest BCUT2D eigenvalue weighted by Gasteiger charge is -2.19. The molecule has 0 amide bonds. The van der Waals surface area contributed by atoms with Crippen LogP contribution in [0.3, 0.4) is 0 Å². The lowest BCUT2D eigenvalue weighted by Crippen LogP contribution is -2.30. The standard InChI is InChI=1S/C12H19FN4/c13-11-9-15-12(16-10-11)14-5-8-17-6-3-1-2-4-7-17/h9-10H,1-8H2,(H,14,15,16). The van der Waals surface area contributed by atoms with Crippen molar-refractivity contribution in [2.45, 2.75) is 25.7 Å². The molecule has 0 aliphatic carbocycles. The third-order valence-electron chi connectivity index (χ3n) is 3.03. The lowest BCUT2D eigenvalue weighted by atomic mass is 10.2. The summed E-state index contributed by atoms with van der Waals surface area (Å²) in [5.74, 6) is 0.101. The Morgan fingerprint density at radius 3 is 2.41 bits per heavy atom. The van der Waals surface area contributed by atoms with E-state index in [1.54, 1.807) is 0 Å². The van der Waals surface area contributed by atoms with E-state index < -0.39 is 5.82 Å². The Balaban J connectivity index is 1.69. The Hall–Kier alpha value is -1.23. The van der Waals surface area contributed by atoms with Gasteiger partial charge in [-0.2, -0.15) is 0 Å². The molecule has 4 nitrogen and oxygen atoms in total. The van der Waals surface area contributed by atoms with Gasteiger partial charge in [-0.05, 0) is 25.9 Å². The molecule has 1 aromatic heterocycles. The van der Waals surface area contributed by atoms with Crippen LogP contribution in [0.1, 0.15) is 25.7 Å². The van der Waals surface area contributed by atoms with Gasteiger partial charge in [-0.25, -0.2) is 14.4 Å². The van der Waals surface area contributed by atoms with E-state index in [9.17, 15) is 4.39 Å². The van der Waals surface area contributed by atoms with Gasteiger partial charge in [-0.15, -0.1) is 0 Å². The minimum Gasteiger partial charge on any atom is -0.353 e. The molecule has 0 saturated carbocycles. The van der Waals surface area contributed by atoms with Crippen molar-refractivity contribution in [2.75, 3.05) is 31.5 Å². The van der Waals surface area contributed by atoms with Crippen molar-refractivity contribution in [2.24, 2.45) is 0 Å². The topological polar surface area (TPSA) is 41.1 Å². The van der Waals surface area contributed by atoms with Gasteiger partial charge in [-0.1, -0.05) is 12.8 Å². The highest BCUT2D eigenvalue weighted by molar-refractivity contribution is 5.22. The number of rotatable bonds is 4. The van der Waals surface area contributed by atoms with E-state index in [-0.39, 0.29) is 0 Å². The van der Waals surface area contributed by atoms with E-state index in [0.29, 0.717) is 5.95 Å². The van der Waals surface area contributed by atoms with E-state index in [1.807, 2.05) is 0 Å². The number of nitrogens with one attached hydrogen (secondary N) is 1. The molecule has 2 rings (SSSR count).